The van der Waals surface area contributed by atoms with Crippen LogP contribution in [0.5, 0.6) is 0 Å². The molecule has 0 heterocycles. The van der Waals surface area contributed by atoms with Crippen molar-refractivity contribution in [1.82, 2.24) is 0 Å². The van der Waals surface area contributed by atoms with E-state index in [4.69, 9.17) is 9.66 Å². The first-order valence-corrected chi connectivity index (χ1v) is 8.37. The minimum atomic E-state index is -4.15. The number of likely N-dealkylation sites (N-methyl/N-ethyl adjacent to an activating group) is 1. The summed E-state index contributed by atoms with van der Waals surface area (Å²) in [4.78, 5) is 11.8. The van der Waals surface area contributed by atoms with E-state index >= 15 is 0 Å². The molecule has 0 saturated carbocycles. The summed E-state index contributed by atoms with van der Waals surface area (Å²) in [7, 11) is -0.805. The third kappa shape index (κ3) is 5.87. The Bertz CT molecular complexity index is 435. The van der Waals surface area contributed by atoms with Gasteiger partial charge in [-0.05, 0) is 6.42 Å². The van der Waals surface area contributed by atoms with Crippen LogP contribution in [0.15, 0.2) is 0 Å². The van der Waals surface area contributed by atoms with Crippen molar-refractivity contribution in [2.45, 2.75) is 31.2 Å². The molecule has 0 spiro atoms. The molecule has 1 unspecified atom stereocenters. The van der Waals surface area contributed by atoms with Crippen LogP contribution in [0, 0.1) is 0 Å². The van der Waals surface area contributed by atoms with Crippen molar-refractivity contribution in [3.05, 3.63) is 0 Å². The number of aliphatic hydroxyl groups excluding tert-OH is 2. The molecule has 0 bridgehead atoms. The molecule has 21 heavy (non-hydrogen) atoms. The fourth-order valence-corrected chi connectivity index (χ4v) is 3.12. The molecule has 126 valence electrons. The van der Waals surface area contributed by atoms with Crippen molar-refractivity contribution < 1.29 is 37.6 Å². The molecule has 0 aromatic rings. The number of rotatable bonds is 11. The number of carboxylic acid groups (broad SMARTS) is 1. The van der Waals surface area contributed by atoms with Crippen LogP contribution >= 0.6 is 0 Å². The normalized spacial score (nSPS) is 15.7. The maximum Gasteiger partial charge on any atom is 0.365 e. The molecule has 4 N–H and O–H groups in total. The number of hydrogen-bond donors (Lipinski definition) is 4. The Morgan fingerprint density at radius 2 is 1.67 bits per heavy atom. The summed E-state index contributed by atoms with van der Waals surface area (Å²) in [6, 6.07) is 0. The lowest BCUT2D eigenvalue weighted by molar-refractivity contribution is -0.933. The summed E-state index contributed by atoms with van der Waals surface area (Å²) in [5.41, 5.74) is -1.37. The number of nitrogens with zero attached hydrogens (tertiary/aromatic N) is 1. The third-order valence-corrected chi connectivity index (χ3v) is 4.75. The molecule has 0 rings (SSSR count). The van der Waals surface area contributed by atoms with Crippen LogP contribution in [0.1, 0.15) is 25.7 Å². The van der Waals surface area contributed by atoms with Gasteiger partial charge >= 0.3 is 5.97 Å². The lowest BCUT2D eigenvalue weighted by atomic mass is 9.86. The maximum atomic E-state index is 11.8. The summed E-state index contributed by atoms with van der Waals surface area (Å²) in [6.45, 7) is -0.0603. The van der Waals surface area contributed by atoms with E-state index < -0.39 is 27.4 Å². The van der Waals surface area contributed by atoms with Crippen molar-refractivity contribution in [3.63, 3.8) is 0 Å². The van der Waals surface area contributed by atoms with E-state index in [1.165, 1.54) is 0 Å². The largest absolute Gasteiger partial charge is 0.477 e. The van der Waals surface area contributed by atoms with Crippen LogP contribution in [-0.4, -0.2) is 83.9 Å². The third-order valence-electron chi connectivity index (χ3n) is 3.95. The Kier molecular flexibility index (Phi) is 7.76. The number of aliphatic carboxylic acids is 1. The number of hydrogen-bond acceptors (Lipinski definition) is 5. The zero-order valence-electron chi connectivity index (χ0n) is 12.5. The first-order valence-electron chi connectivity index (χ1n) is 6.76. The fraction of sp³-hybridized carbons (Fsp3) is 0.917. The average Bonchev–Trinajstić information content (AvgIpc) is 2.33. The molecule has 8 nitrogen and oxygen atoms in total. The van der Waals surface area contributed by atoms with Gasteiger partial charge in [0.05, 0.1) is 26.4 Å². The smallest absolute Gasteiger partial charge is 0.365 e. The number of quaternary nitrogens is 1. The van der Waals surface area contributed by atoms with Gasteiger partial charge < -0.3 is 19.8 Å². The summed E-state index contributed by atoms with van der Waals surface area (Å²) >= 11 is 0. The second-order valence-electron chi connectivity index (χ2n) is 5.69. The van der Waals surface area contributed by atoms with Gasteiger partial charge in [-0.1, -0.05) is 0 Å². The second-order valence-corrected chi connectivity index (χ2v) is 7.26. The van der Waals surface area contributed by atoms with Gasteiger partial charge in [0.2, 0.25) is 0 Å². The van der Waals surface area contributed by atoms with Gasteiger partial charge in [-0.15, -0.1) is 0 Å². The van der Waals surface area contributed by atoms with E-state index in [0.717, 1.165) is 0 Å². The molecule has 0 aromatic heterocycles. The topological polar surface area (TPSA) is 132 Å². The Hall–Kier alpha value is -0.740. The Morgan fingerprint density at radius 3 is 2.05 bits per heavy atom. The van der Waals surface area contributed by atoms with E-state index in [-0.39, 0.29) is 37.0 Å². The van der Waals surface area contributed by atoms with Gasteiger partial charge in [-0.2, -0.15) is 8.42 Å². The molecule has 0 aliphatic rings. The molecule has 1 atom stereocenters. The lowest BCUT2D eigenvalue weighted by Crippen LogP contribution is -2.65. The number of carbonyl (C=O) groups is 1. The van der Waals surface area contributed by atoms with Crippen LogP contribution in [0.2, 0.25) is 0 Å². The first-order chi connectivity index (χ1) is 9.52. The predicted molar refractivity (Wildman–Crippen MR) is 76.4 cm³/mol. The van der Waals surface area contributed by atoms with Crippen LogP contribution in [-0.2, 0) is 14.9 Å². The van der Waals surface area contributed by atoms with Crippen molar-refractivity contribution in [2.75, 3.05) is 39.6 Å². The highest BCUT2D eigenvalue weighted by molar-refractivity contribution is 7.85. The number of aliphatic hydroxyl groups is 2. The van der Waals surface area contributed by atoms with E-state index in [1.54, 1.807) is 14.1 Å². The summed E-state index contributed by atoms with van der Waals surface area (Å²) in [6.07, 6.45) is 0.338. The van der Waals surface area contributed by atoms with E-state index in [9.17, 15) is 23.4 Å². The van der Waals surface area contributed by atoms with Crippen LogP contribution in [0.4, 0.5) is 0 Å². The van der Waals surface area contributed by atoms with Crippen LogP contribution < -0.4 is 0 Å². The maximum absolute atomic E-state index is 11.8. The zero-order chi connectivity index (χ0) is 16.7. The molecule has 0 aliphatic carbocycles. The second kappa shape index (κ2) is 8.04. The van der Waals surface area contributed by atoms with E-state index in [2.05, 4.69) is 0 Å². The highest BCUT2D eigenvalue weighted by atomic mass is 32.2. The molecule has 0 amide bonds. The monoisotopic (exact) mass is 328 g/mol. The van der Waals surface area contributed by atoms with Gasteiger partial charge in [0, 0.05) is 32.5 Å². The molecular formula is C12H26NO7S+. The quantitative estimate of drug-likeness (QED) is 0.292. The Balaban J connectivity index is 5.28. The highest BCUT2D eigenvalue weighted by Gasteiger charge is 2.51. The molecular weight excluding hydrogens is 302 g/mol. The Labute approximate surface area is 125 Å². The Morgan fingerprint density at radius 1 is 1.10 bits per heavy atom. The predicted octanol–water partition coefficient (Wildman–Crippen LogP) is -0.681. The van der Waals surface area contributed by atoms with Crippen molar-refractivity contribution in [1.29, 1.82) is 0 Å². The SMILES string of the molecule is C[N+](C)(CCCO)C(CCO)(CCCS(=O)(=O)O)C(=O)O. The summed E-state index contributed by atoms with van der Waals surface area (Å²) < 4.78 is 30.3. The van der Waals surface area contributed by atoms with Gasteiger partial charge in [-0.25, -0.2) is 4.79 Å². The minimum Gasteiger partial charge on any atom is -0.477 e. The van der Waals surface area contributed by atoms with Gasteiger partial charge in [-0.3, -0.25) is 4.55 Å². The van der Waals surface area contributed by atoms with Crippen molar-refractivity contribution in [2.24, 2.45) is 0 Å². The molecule has 0 radical (unpaired) electrons. The van der Waals surface area contributed by atoms with E-state index in [1.807, 2.05) is 0 Å². The summed E-state index contributed by atoms with van der Waals surface area (Å²) in [5.74, 6) is -1.65. The molecule has 9 heteroatoms. The minimum absolute atomic E-state index is 0.00110. The van der Waals surface area contributed by atoms with E-state index in [0.29, 0.717) is 13.0 Å². The molecule has 0 saturated heterocycles. The van der Waals surface area contributed by atoms with Gasteiger partial charge in [0.15, 0.2) is 5.54 Å². The van der Waals surface area contributed by atoms with Gasteiger partial charge in [0.1, 0.15) is 0 Å². The molecule has 0 fully saturated rings. The average molecular weight is 328 g/mol. The van der Waals surface area contributed by atoms with Gasteiger partial charge in [0.25, 0.3) is 10.1 Å². The summed E-state index contributed by atoms with van der Waals surface area (Å²) in [5, 5.41) is 27.8. The highest BCUT2D eigenvalue weighted by Crippen LogP contribution is 2.31. The van der Waals surface area contributed by atoms with Crippen LogP contribution in [0.25, 0.3) is 0 Å². The molecule has 0 aromatic carbocycles. The molecule has 0 aliphatic heterocycles. The number of carboxylic acids is 1. The first kappa shape index (κ1) is 20.3. The lowest BCUT2D eigenvalue weighted by Gasteiger charge is -2.46. The van der Waals surface area contributed by atoms with Crippen LogP contribution in [0.3, 0.4) is 0 Å². The standard InChI is InChI=1S/C12H25NO7S/c1-13(2,7-4-8-14)12(6-9-15,11(16)17)5-3-10-21(18,19)20/h14-15H,3-10H2,1-2H3,(H-,16,17,18,19,20)/p+1. The zero-order valence-corrected chi connectivity index (χ0v) is 13.3. The van der Waals surface area contributed by atoms with Crippen molar-refractivity contribution >= 4 is 16.1 Å². The van der Waals surface area contributed by atoms with Crippen molar-refractivity contribution in [3.8, 4) is 0 Å². The fourth-order valence-electron chi connectivity index (χ4n) is 2.62.